The second kappa shape index (κ2) is 15.3. The monoisotopic (exact) mass is 745 g/mol. The Kier molecular flexibility index (Phi) is 9.95. The highest BCUT2D eigenvalue weighted by Crippen LogP contribution is 2.44. The standard InChI is InChI=1S/C42H51N9O4/c1-30-12-13-36-34(25-44-51(36)37-11-5-8-24-53-37)38(30)47-21-15-33-35(27-47)45-40(55-29-42(16-17-42)49-19-6-7-20-49)46-39(33)48-22-23-50(32(26-48)14-18-43)41(52)54-28-31-9-3-2-4-10-31/h2-4,9-10,12-13,25,32,37H,5-8,11,14-17,19-24,26-29H2,1H3/t32-,37?/m0/s1. The molecule has 0 radical (unpaired) electrons. The summed E-state index contributed by atoms with van der Waals surface area (Å²) in [6, 6.07) is 16.4. The van der Waals surface area contributed by atoms with Gasteiger partial charge in [-0.2, -0.15) is 20.3 Å². The Labute approximate surface area is 322 Å². The quantitative estimate of drug-likeness (QED) is 0.186. The van der Waals surface area contributed by atoms with Crippen molar-refractivity contribution in [1.29, 1.82) is 5.26 Å². The van der Waals surface area contributed by atoms with E-state index < -0.39 is 6.09 Å². The summed E-state index contributed by atoms with van der Waals surface area (Å²) in [4.78, 5) is 32.6. The first-order valence-corrected chi connectivity index (χ1v) is 20.2. The molecule has 5 aliphatic rings. The number of carbonyl (C=O) groups is 1. The van der Waals surface area contributed by atoms with Crippen molar-refractivity contribution < 1.29 is 19.0 Å². The van der Waals surface area contributed by atoms with Gasteiger partial charge in [0.15, 0.2) is 6.23 Å². The molecule has 9 rings (SSSR count). The molecule has 3 saturated heterocycles. The Morgan fingerprint density at radius 3 is 2.64 bits per heavy atom. The number of hydrogen-bond acceptors (Lipinski definition) is 11. The predicted molar refractivity (Wildman–Crippen MR) is 208 cm³/mol. The summed E-state index contributed by atoms with van der Waals surface area (Å²) < 4.78 is 20.5. The van der Waals surface area contributed by atoms with Gasteiger partial charge in [-0.1, -0.05) is 36.4 Å². The molecule has 2 atom stereocenters. The molecule has 6 heterocycles. The number of hydrogen-bond donors (Lipinski definition) is 0. The highest BCUT2D eigenvalue weighted by molar-refractivity contribution is 5.94. The molecule has 288 valence electrons. The molecule has 2 aromatic carbocycles. The number of anilines is 2. The van der Waals surface area contributed by atoms with Crippen LogP contribution in [0.5, 0.6) is 6.01 Å². The number of nitriles is 1. The van der Waals surface area contributed by atoms with Gasteiger partial charge >= 0.3 is 12.1 Å². The van der Waals surface area contributed by atoms with E-state index in [9.17, 15) is 10.1 Å². The fraction of sp³-hybridized carbons (Fsp3) is 0.548. The average Bonchev–Trinajstić information content (AvgIpc) is 3.57. The third-order valence-electron chi connectivity index (χ3n) is 12.3. The Hall–Kier alpha value is -4.93. The lowest BCUT2D eigenvalue weighted by molar-refractivity contribution is -0.0366. The molecule has 4 aliphatic heterocycles. The van der Waals surface area contributed by atoms with Gasteiger partial charge in [0.05, 0.1) is 53.7 Å². The van der Waals surface area contributed by atoms with Crippen LogP contribution in [-0.4, -0.2) is 99.7 Å². The van der Waals surface area contributed by atoms with Crippen LogP contribution in [0.1, 0.15) is 80.0 Å². The number of fused-ring (bicyclic) bond motifs is 2. The SMILES string of the molecule is Cc1ccc2c(cnn2C2CCCCO2)c1N1CCc2c(nc(OCC3(N4CCCC4)CC3)nc2N2CCN(C(=O)OCc3ccccc3)[C@@H](CC#N)C2)C1. The third kappa shape index (κ3) is 7.18. The molecule has 0 spiro atoms. The Bertz CT molecular complexity index is 2050. The van der Waals surface area contributed by atoms with E-state index in [4.69, 9.17) is 29.3 Å². The van der Waals surface area contributed by atoms with Crippen LogP contribution in [-0.2, 0) is 29.0 Å². The van der Waals surface area contributed by atoms with Gasteiger partial charge in [0.1, 0.15) is 19.0 Å². The number of aromatic nitrogens is 4. The first kappa shape index (κ1) is 35.8. The fourth-order valence-electron chi connectivity index (χ4n) is 9.14. The minimum atomic E-state index is -0.396. The molecular formula is C42H51N9O4. The lowest BCUT2D eigenvalue weighted by Crippen LogP contribution is -2.55. The van der Waals surface area contributed by atoms with E-state index in [1.54, 1.807) is 4.90 Å². The maximum Gasteiger partial charge on any atom is 0.410 e. The first-order chi connectivity index (χ1) is 27.0. The second-order valence-electron chi connectivity index (χ2n) is 15.9. The lowest BCUT2D eigenvalue weighted by atomic mass is 10.0. The zero-order valence-electron chi connectivity index (χ0n) is 31.9. The molecule has 0 N–H and O–H groups in total. The van der Waals surface area contributed by atoms with Crippen molar-refractivity contribution in [3.63, 3.8) is 0 Å². The van der Waals surface area contributed by atoms with E-state index in [1.807, 2.05) is 36.5 Å². The van der Waals surface area contributed by atoms with Crippen LogP contribution in [0.25, 0.3) is 10.9 Å². The third-order valence-corrected chi connectivity index (χ3v) is 12.3. The normalized spacial score (nSPS) is 22.4. The van der Waals surface area contributed by atoms with Gasteiger partial charge in [-0.15, -0.1) is 0 Å². The molecule has 4 aromatic rings. The van der Waals surface area contributed by atoms with Gasteiger partial charge in [0.2, 0.25) is 0 Å². The number of nitrogens with zero attached hydrogens (tertiary/aromatic N) is 9. The molecule has 1 aliphatic carbocycles. The van der Waals surface area contributed by atoms with Gasteiger partial charge in [0, 0.05) is 43.7 Å². The molecule has 13 nitrogen and oxygen atoms in total. The zero-order valence-corrected chi connectivity index (χ0v) is 31.9. The van der Waals surface area contributed by atoms with Crippen LogP contribution in [0.3, 0.4) is 0 Å². The number of benzene rings is 2. The fourth-order valence-corrected chi connectivity index (χ4v) is 9.14. The number of aryl methyl sites for hydroxylation is 1. The first-order valence-electron chi connectivity index (χ1n) is 20.2. The Morgan fingerprint density at radius 2 is 1.85 bits per heavy atom. The summed E-state index contributed by atoms with van der Waals surface area (Å²) in [5.41, 5.74) is 6.54. The Morgan fingerprint density at radius 1 is 1.00 bits per heavy atom. The smallest absolute Gasteiger partial charge is 0.410 e. The maximum atomic E-state index is 13.4. The zero-order chi connectivity index (χ0) is 37.4. The average molecular weight is 746 g/mol. The molecule has 1 amide bonds. The summed E-state index contributed by atoms with van der Waals surface area (Å²) in [7, 11) is 0. The molecule has 55 heavy (non-hydrogen) atoms. The molecule has 0 bridgehead atoms. The van der Waals surface area contributed by atoms with E-state index in [-0.39, 0.29) is 30.8 Å². The van der Waals surface area contributed by atoms with E-state index in [0.717, 1.165) is 98.3 Å². The van der Waals surface area contributed by atoms with Gasteiger partial charge < -0.3 is 28.9 Å². The topological polar surface area (TPSA) is 125 Å². The van der Waals surface area contributed by atoms with E-state index in [2.05, 4.69) is 44.5 Å². The number of piperazine rings is 1. The van der Waals surface area contributed by atoms with Crippen LogP contribution in [0.2, 0.25) is 0 Å². The van der Waals surface area contributed by atoms with Gasteiger partial charge in [-0.05, 0) is 88.6 Å². The van der Waals surface area contributed by atoms with Crippen molar-refractivity contribution in [3.8, 4) is 12.1 Å². The van der Waals surface area contributed by atoms with Crippen molar-refractivity contribution in [2.24, 2.45) is 0 Å². The molecule has 13 heteroatoms. The van der Waals surface area contributed by atoms with Crippen LogP contribution in [0, 0.1) is 18.3 Å². The predicted octanol–water partition coefficient (Wildman–Crippen LogP) is 6.14. The molecule has 2 aromatic heterocycles. The maximum absolute atomic E-state index is 13.4. The van der Waals surface area contributed by atoms with Crippen LogP contribution < -0.4 is 14.5 Å². The van der Waals surface area contributed by atoms with Crippen molar-refractivity contribution in [3.05, 3.63) is 71.0 Å². The summed E-state index contributed by atoms with van der Waals surface area (Å²) in [6.07, 6.45) is 10.5. The summed E-state index contributed by atoms with van der Waals surface area (Å²) in [6.45, 7) is 8.82. The number of rotatable bonds is 10. The van der Waals surface area contributed by atoms with Crippen LogP contribution >= 0.6 is 0 Å². The minimum Gasteiger partial charge on any atom is -0.461 e. The van der Waals surface area contributed by atoms with Crippen LogP contribution in [0.15, 0.2) is 48.7 Å². The molecule has 1 saturated carbocycles. The molecule has 4 fully saturated rings. The van der Waals surface area contributed by atoms with Crippen molar-refractivity contribution in [2.45, 2.75) is 95.7 Å². The van der Waals surface area contributed by atoms with Crippen LogP contribution in [0.4, 0.5) is 16.3 Å². The van der Waals surface area contributed by atoms with Crippen molar-refractivity contribution >= 4 is 28.5 Å². The number of amides is 1. The highest BCUT2D eigenvalue weighted by Gasteiger charge is 2.49. The minimum absolute atomic E-state index is 0.0368. The largest absolute Gasteiger partial charge is 0.461 e. The van der Waals surface area contributed by atoms with E-state index in [1.165, 1.54) is 24.1 Å². The van der Waals surface area contributed by atoms with Gasteiger partial charge in [0.25, 0.3) is 0 Å². The van der Waals surface area contributed by atoms with E-state index >= 15 is 0 Å². The molecule has 1 unspecified atom stereocenters. The van der Waals surface area contributed by atoms with Crippen molar-refractivity contribution in [1.82, 2.24) is 29.5 Å². The summed E-state index contributed by atoms with van der Waals surface area (Å²) >= 11 is 0. The van der Waals surface area contributed by atoms with Crippen molar-refractivity contribution in [2.75, 3.05) is 62.3 Å². The summed E-state index contributed by atoms with van der Waals surface area (Å²) in [5.74, 6) is 0.850. The number of ether oxygens (including phenoxy) is 3. The van der Waals surface area contributed by atoms with Gasteiger partial charge in [-0.25, -0.2) is 9.48 Å². The summed E-state index contributed by atoms with van der Waals surface area (Å²) in [5, 5.41) is 15.8. The molecular weight excluding hydrogens is 695 g/mol. The number of likely N-dealkylation sites (tertiary alicyclic amines) is 1. The van der Waals surface area contributed by atoms with E-state index in [0.29, 0.717) is 38.8 Å². The highest BCUT2D eigenvalue weighted by atomic mass is 16.6. The van der Waals surface area contributed by atoms with Gasteiger partial charge in [-0.3, -0.25) is 4.90 Å². The Balaban J connectivity index is 0.999. The number of carbonyl (C=O) groups excluding carboxylic acids is 1. The second-order valence-corrected chi connectivity index (χ2v) is 15.9. The lowest BCUT2D eigenvalue weighted by Gasteiger charge is -2.42.